The van der Waals surface area contributed by atoms with Gasteiger partial charge in [-0.05, 0) is 12.1 Å². The smallest absolute Gasteiger partial charge is 0.295 e. The molecule has 0 radical (unpaired) electrons. The number of Topliss-reactive ketones (excluding diaryl/α,β-unsaturated/α-hetero) is 1. The molecule has 35 heavy (non-hydrogen) atoms. The van der Waals surface area contributed by atoms with E-state index in [0.29, 0.717) is 43.0 Å². The summed E-state index contributed by atoms with van der Waals surface area (Å²) >= 11 is 0. The Morgan fingerprint density at radius 2 is 1.80 bits per heavy atom. The number of nitrogens with one attached hydrogen (secondary N) is 2. The van der Waals surface area contributed by atoms with E-state index < -0.39 is 17.5 Å². The average Bonchev–Trinajstić information content (AvgIpc) is 3.59. The molecule has 5 heterocycles. The predicted molar refractivity (Wildman–Crippen MR) is 126 cm³/mol. The van der Waals surface area contributed by atoms with Crippen molar-refractivity contribution in [2.45, 2.75) is 0 Å². The van der Waals surface area contributed by atoms with Gasteiger partial charge in [0.15, 0.2) is 5.82 Å². The lowest BCUT2D eigenvalue weighted by Gasteiger charge is -2.35. The number of piperazine rings is 1. The quantitative estimate of drug-likeness (QED) is 0.306. The van der Waals surface area contributed by atoms with E-state index in [0.717, 1.165) is 22.9 Å². The van der Waals surface area contributed by atoms with E-state index >= 15 is 0 Å². The zero-order valence-corrected chi connectivity index (χ0v) is 18.4. The van der Waals surface area contributed by atoms with Crippen LogP contribution in [0.5, 0.6) is 0 Å². The lowest BCUT2D eigenvalue weighted by atomic mass is 10.1. The Labute approximate surface area is 197 Å². The number of para-hydroxylation sites is 1. The fourth-order valence-corrected chi connectivity index (χ4v) is 4.51. The zero-order chi connectivity index (χ0) is 23.9. The molecule has 5 aromatic rings. The second kappa shape index (κ2) is 8.28. The maximum absolute atomic E-state index is 14.7. The number of hydrogen-bond donors (Lipinski definition) is 2. The SMILES string of the molecule is O=C(C(=O)N1CCN(c2ncnc3ccccc23)CC1)c1c[nH]c2c(-c3cn[nH]c3)ncc(F)c12. The van der Waals surface area contributed by atoms with Gasteiger partial charge in [0.2, 0.25) is 0 Å². The molecule has 0 saturated carbocycles. The van der Waals surface area contributed by atoms with Crippen LogP contribution in [0, 0.1) is 5.82 Å². The van der Waals surface area contributed by atoms with Crippen molar-refractivity contribution in [3.63, 3.8) is 0 Å². The molecule has 1 aliphatic rings. The highest BCUT2D eigenvalue weighted by atomic mass is 19.1. The number of amides is 1. The number of aromatic nitrogens is 6. The fourth-order valence-electron chi connectivity index (χ4n) is 4.51. The van der Waals surface area contributed by atoms with Crippen LogP contribution < -0.4 is 4.90 Å². The Morgan fingerprint density at radius 1 is 0.971 bits per heavy atom. The molecule has 11 heteroatoms. The number of carbonyl (C=O) groups excluding carboxylic acids is 2. The number of nitrogens with zero attached hydrogens (tertiary/aromatic N) is 6. The molecule has 1 fully saturated rings. The summed E-state index contributed by atoms with van der Waals surface area (Å²) in [4.78, 5) is 45.6. The number of hydrogen-bond acceptors (Lipinski definition) is 7. The normalized spacial score (nSPS) is 14.1. The van der Waals surface area contributed by atoms with Gasteiger partial charge in [0.1, 0.15) is 12.1 Å². The molecule has 0 bridgehead atoms. The molecule has 0 spiro atoms. The fraction of sp³-hybridized carbons (Fsp3) is 0.167. The minimum Gasteiger partial charge on any atom is -0.359 e. The van der Waals surface area contributed by atoms with Crippen LogP contribution in [-0.4, -0.2) is 72.9 Å². The zero-order valence-electron chi connectivity index (χ0n) is 18.4. The van der Waals surface area contributed by atoms with Crippen molar-refractivity contribution in [2.75, 3.05) is 31.1 Å². The van der Waals surface area contributed by atoms with E-state index in [4.69, 9.17) is 0 Å². The van der Waals surface area contributed by atoms with Gasteiger partial charge in [-0.3, -0.25) is 19.7 Å². The number of anilines is 1. The number of fused-ring (bicyclic) bond motifs is 2. The van der Waals surface area contributed by atoms with Gasteiger partial charge in [0, 0.05) is 49.5 Å². The predicted octanol–water partition coefficient (Wildman–Crippen LogP) is 2.57. The number of pyridine rings is 1. The highest BCUT2D eigenvalue weighted by molar-refractivity contribution is 6.45. The van der Waals surface area contributed by atoms with Crippen LogP contribution in [0.3, 0.4) is 0 Å². The third-order valence-corrected chi connectivity index (χ3v) is 6.26. The van der Waals surface area contributed by atoms with E-state index in [1.165, 1.54) is 17.4 Å². The second-order valence-electron chi connectivity index (χ2n) is 8.22. The van der Waals surface area contributed by atoms with Crippen molar-refractivity contribution in [1.29, 1.82) is 0 Å². The molecule has 0 unspecified atom stereocenters. The van der Waals surface area contributed by atoms with E-state index in [1.54, 1.807) is 12.4 Å². The van der Waals surface area contributed by atoms with Crippen LogP contribution >= 0.6 is 0 Å². The molecule has 1 saturated heterocycles. The molecule has 0 aliphatic carbocycles. The lowest BCUT2D eigenvalue weighted by molar-refractivity contribution is -0.126. The minimum absolute atomic E-state index is 0.0149. The molecule has 1 aliphatic heterocycles. The number of aromatic amines is 2. The van der Waals surface area contributed by atoms with Crippen LogP contribution in [0.2, 0.25) is 0 Å². The summed E-state index contributed by atoms with van der Waals surface area (Å²) in [6, 6.07) is 7.74. The van der Waals surface area contributed by atoms with Gasteiger partial charge < -0.3 is 14.8 Å². The van der Waals surface area contributed by atoms with Crippen LogP contribution in [0.4, 0.5) is 10.2 Å². The molecule has 4 aromatic heterocycles. The number of rotatable bonds is 4. The van der Waals surface area contributed by atoms with Gasteiger partial charge in [-0.15, -0.1) is 0 Å². The Balaban J connectivity index is 1.23. The third-order valence-electron chi connectivity index (χ3n) is 6.26. The molecule has 2 N–H and O–H groups in total. The summed E-state index contributed by atoms with van der Waals surface area (Å²) < 4.78 is 14.7. The van der Waals surface area contributed by atoms with Gasteiger partial charge in [-0.25, -0.2) is 14.4 Å². The lowest BCUT2D eigenvalue weighted by Crippen LogP contribution is -2.51. The minimum atomic E-state index is -0.763. The summed E-state index contributed by atoms with van der Waals surface area (Å²) in [5, 5.41) is 7.55. The maximum atomic E-state index is 14.7. The monoisotopic (exact) mass is 470 g/mol. The highest BCUT2D eigenvalue weighted by Gasteiger charge is 2.30. The molecule has 0 atom stereocenters. The van der Waals surface area contributed by atoms with Crippen LogP contribution in [0.25, 0.3) is 33.1 Å². The third kappa shape index (κ3) is 3.48. The Hall–Kier alpha value is -4.67. The molecule has 10 nitrogen and oxygen atoms in total. The number of benzene rings is 1. The van der Waals surface area contributed by atoms with Crippen LogP contribution in [0.15, 0.2) is 55.4 Å². The molecule has 6 rings (SSSR count). The summed E-state index contributed by atoms with van der Waals surface area (Å²) in [6.45, 7) is 1.71. The first-order valence-corrected chi connectivity index (χ1v) is 11.0. The topological polar surface area (TPSA) is 124 Å². The highest BCUT2D eigenvalue weighted by Crippen LogP contribution is 2.30. The van der Waals surface area contributed by atoms with Gasteiger partial charge >= 0.3 is 0 Å². The first-order valence-electron chi connectivity index (χ1n) is 11.0. The number of H-pyrrole nitrogens is 2. The number of ketones is 1. The molecule has 1 amide bonds. The van der Waals surface area contributed by atoms with Crippen molar-refractivity contribution in [1.82, 2.24) is 35.0 Å². The van der Waals surface area contributed by atoms with Gasteiger partial charge in [0.05, 0.1) is 40.1 Å². The largest absolute Gasteiger partial charge is 0.359 e. The maximum Gasteiger partial charge on any atom is 0.295 e. The van der Waals surface area contributed by atoms with Crippen molar-refractivity contribution >= 4 is 39.3 Å². The van der Waals surface area contributed by atoms with E-state index in [2.05, 4.69) is 35.0 Å². The first-order chi connectivity index (χ1) is 17.1. The Bertz CT molecular complexity index is 1570. The molecule has 1 aromatic carbocycles. The average molecular weight is 470 g/mol. The number of halogens is 1. The summed E-state index contributed by atoms with van der Waals surface area (Å²) in [6.07, 6.45) is 7.10. The van der Waals surface area contributed by atoms with Gasteiger partial charge in [0.25, 0.3) is 11.7 Å². The Morgan fingerprint density at radius 3 is 2.60 bits per heavy atom. The first kappa shape index (κ1) is 20.9. The summed E-state index contributed by atoms with van der Waals surface area (Å²) in [7, 11) is 0. The second-order valence-corrected chi connectivity index (χ2v) is 8.22. The van der Waals surface area contributed by atoms with Crippen LogP contribution in [0.1, 0.15) is 10.4 Å². The van der Waals surface area contributed by atoms with Crippen molar-refractivity contribution in [3.8, 4) is 11.3 Å². The van der Waals surface area contributed by atoms with Gasteiger partial charge in [-0.2, -0.15) is 5.10 Å². The van der Waals surface area contributed by atoms with Crippen molar-refractivity contribution in [3.05, 3.63) is 66.8 Å². The van der Waals surface area contributed by atoms with Crippen molar-refractivity contribution in [2.24, 2.45) is 0 Å². The van der Waals surface area contributed by atoms with Crippen LogP contribution in [-0.2, 0) is 4.79 Å². The van der Waals surface area contributed by atoms with Crippen molar-refractivity contribution < 1.29 is 14.0 Å². The standard InChI is InChI=1S/C24H19FN8O2/c25-17-12-27-20(14-9-30-31-10-14)21-19(17)16(11-26-21)22(34)24(35)33-7-5-32(6-8-33)23-15-3-1-2-4-18(15)28-13-29-23/h1-4,9-13,26H,5-8H2,(H,30,31). The summed E-state index contributed by atoms with van der Waals surface area (Å²) in [5.74, 6) is -1.31. The van der Waals surface area contributed by atoms with E-state index in [-0.39, 0.29) is 10.9 Å². The number of carbonyl (C=O) groups is 2. The van der Waals surface area contributed by atoms with E-state index in [9.17, 15) is 14.0 Å². The molecule has 174 valence electrons. The van der Waals surface area contributed by atoms with Gasteiger partial charge in [-0.1, -0.05) is 12.1 Å². The summed E-state index contributed by atoms with van der Waals surface area (Å²) in [5.41, 5.74) is 2.24. The van der Waals surface area contributed by atoms with E-state index in [1.807, 2.05) is 24.3 Å². The Kier molecular flexibility index (Phi) is 4.94. The molecular formula is C24H19FN8O2. The molecular weight excluding hydrogens is 451 g/mol.